The van der Waals surface area contributed by atoms with E-state index in [1.807, 2.05) is 6.92 Å². The Bertz CT molecular complexity index is 602. The summed E-state index contributed by atoms with van der Waals surface area (Å²) in [6, 6.07) is 0. The quantitative estimate of drug-likeness (QED) is 0.513. The van der Waals surface area contributed by atoms with Crippen LogP contribution < -0.4 is 0 Å². The van der Waals surface area contributed by atoms with Gasteiger partial charge in [-0.2, -0.15) is 0 Å². The number of fused-ring (bicyclic) bond motifs is 1. The lowest BCUT2D eigenvalue weighted by molar-refractivity contribution is -0.310. The van der Waals surface area contributed by atoms with Crippen molar-refractivity contribution < 1.29 is 34.7 Å². The van der Waals surface area contributed by atoms with E-state index in [4.69, 9.17) is 9.47 Å². The predicted octanol–water partition coefficient (Wildman–Crippen LogP) is 0.635. The molecule has 0 aromatic rings. The van der Waals surface area contributed by atoms with Crippen LogP contribution in [0.15, 0.2) is 11.6 Å². The number of carbonyl (C=O) groups is 1. The number of aliphatic hydroxyl groups is 4. The number of Topliss-reactive ketones (excluding diaryl/α,β-unsaturated/α-hetero) is 1. The lowest BCUT2D eigenvalue weighted by Crippen LogP contribution is -2.60. The molecule has 0 bridgehead atoms. The van der Waals surface area contributed by atoms with Crippen LogP contribution in [0.25, 0.3) is 0 Å². The molecule has 3 aliphatic rings. The SMILES string of the molecule is CC1=C[C@@H]2[C@H](C[C@@H]1O[C@@H]1O[C@@H](CO)[C@@H](O)[C@@H](O)[C@@H]1O)[C@@H](C)CC(=O)[C@@H]2C(C)C. The first kappa shape index (κ1) is 21.9. The highest BCUT2D eigenvalue weighted by Gasteiger charge is 2.48. The summed E-state index contributed by atoms with van der Waals surface area (Å²) in [4.78, 5) is 12.6. The van der Waals surface area contributed by atoms with Gasteiger partial charge in [0.1, 0.15) is 30.2 Å². The molecule has 28 heavy (non-hydrogen) atoms. The third-order valence-corrected chi connectivity index (χ3v) is 6.85. The van der Waals surface area contributed by atoms with E-state index in [1.54, 1.807) is 0 Å². The maximum atomic E-state index is 12.6. The van der Waals surface area contributed by atoms with Gasteiger partial charge in [-0.15, -0.1) is 0 Å². The van der Waals surface area contributed by atoms with E-state index in [-0.39, 0.29) is 29.8 Å². The van der Waals surface area contributed by atoms with Gasteiger partial charge in [0.25, 0.3) is 0 Å². The van der Waals surface area contributed by atoms with Gasteiger partial charge >= 0.3 is 0 Å². The standard InChI is InChI=1S/C21H34O7/c1-9(2)17-13-5-11(4)15(7-12(13)10(3)6-14(17)23)27-21-20(26)19(25)18(24)16(8-22)28-21/h5,9-10,12-13,15-22,24-26H,6-8H2,1-4H3/t10-,12+,13+,15-,16-,17+,18+,19+,20-,21+/m0/s1. The molecule has 10 atom stereocenters. The first-order chi connectivity index (χ1) is 13.1. The molecule has 0 aromatic carbocycles. The van der Waals surface area contributed by atoms with Crippen LogP contribution >= 0.6 is 0 Å². The van der Waals surface area contributed by atoms with Crippen LogP contribution in [0.2, 0.25) is 0 Å². The molecule has 7 heteroatoms. The number of rotatable bonds is 4. The topological polar surface area (TPSA) is 116 Å². The second-order valence-corrected chi connectivity index (χ2v) is 9.13. The Labute approximate surface area is 166 Å². The third-order valence-electron chi connectivity index (χ3n) is 6.85. The highest BCUT2D eigenvalue weighted by atomic mass is 16.7. The highest BCUT2D eigenvalue weighted by molar-refractivity contribution is 5.83. The number of hydrogen-bond acceptors (Lipinski definition) is 7. The minimum atomic E-state index is -1.45. The second kappa shape index (κ2) is 8.50. The molecule has 0 amide bonds. The van der Waals surface area contributed by atoms with Crippen molar-refractivity contribution >= 4 is 5.78 Å². The van der Waals surface area contributed by atoms with Crippen LogP contribution in [0.5, 0.6) is 0 Å². The van der Waals surface area contributed by atoms with Gasteiger partial charge in [0.05, 0.1) is 12.7 Å². The first-order valence-corrected chi connectivity index (χ1v) is 10.3. The molecular formula is C21H34O7. The summed E-state index contributed by atoms with van der Waals surface area (Å²) in [6.45, 7) is 7.76. The third kappa shape index (κ3) is 3.93. The molecule has 160 valence electrons. The largest absolute Gasteiger partial charge is 0.394 e. The van der Waals surface area contributed by atoms with Gasteiger partial charge in [-0.25, -0.2) is 0 Å². The van der Waals surface area contributed by atoms with Crippen molar-refractivity contribution in [3.05, 3.63) is 11.6 Å². The van der Waals surface area contributed by atoms with E-state index < -0.39 is 37.3 Å². The van der Waals surface area contributed by atoms with Crippen LogP contribution in [-0.4, -0.2) is 69.6 Å². The van der Waals surface area contributed by atoms with E-state index in [0.29, 0.717) is 24.5 Å². The number of carbonyl (C=O) groups excluding carboxylic acids is 1. The van der Waals surface area contributed by atoms with Gasteiger partial charge in [0.2, 0.25) is 0 Å². The Morgan fingerprint density at radius 1 is 1.21 bits per heavy atom. The smallest absolute Gasteiger partial charge is 0.187 e. The van der Waals surface area contributed by atoms with E-state index in [9.17, 15) is 25.2 Å². The fraction of sp³-hybridized carbons (Fsp3) is 0.857. The molecule has 0 unspecified atom stereocenters. The Morgan fingerprint density at radius 3 is 2.50 bits per heavy atom. The number of hydrogen-bond donors (Lipinski definition) is 4. The van der Waals surface area contributed by atoms with Crippen molar-refractivity contribution in [3.8, 4) is 0 Å². The van der Waals surface area contributed by atoms with Gasteiger partial charge < -0.3 is 29.9 Å². The number of ether oxygens (including phenoxy) is 2. The summed E-state index contributed by atoms with van der Waals surface area (Å²) < 4.78 is 11.5. The van der Waals surface area contributed by atoms with Crippen LogP contribution in [0.4, 0.5) is 0 Å². The molecule has 0 aromatic heterocycles. The zero-order valence-corrected chi connectivity index (χ0v) is 17.1. The molecular weight excluding hydrogens is 364 g/mol. The van der Waals surface area contributed by atoms with Crippen molar-refractivity contribution in [1.82, 2.24) is 0 Å². The van der Waals surface area contributed by atoms with Crippen molar-refractivity contribution in [1.29, 1.82) is 0 Å². The van der Waals surface area contributed by atoms with Crippen LogP contribution in [0.3, 0.4) is 0 Å². The highest BCUT2D eigenvalue weighted by Crippen LogP contribution is 2.47. The van der Waals surface area contributed by atoms with E-state index in [2.05, 4.69) is 26.8 Å². The monoisotopic (exact) mass is 398 g/mol. The van der Waals surface area contributed by atoms with Gasteiger partial charge in [-0.1, -0.05) is 26.8 Å². The maximum Gasteiger partial charge on any atom is 0.187 e. The molecule has 1 aliphatic heterocycles. The molecule has 1 saturated heterocycles. The summed E-state index contributed by atoms with van der Waals surface area (Å²) in [6.07, 6.45) is -3.27. The molecule has 2 fully saturated rings. The molecule has 4 N–H and O–H groups in total. The fourth-order valence-corrected chi connectivity index (χ4v) is 5.25. The summed E-state index contributed by atoms with van der Waals surface area (Å²) in [5.74, 6) is 1.36. The van der Waals surface area contributed by atoms with E-state index in [0.717, 1.165) is 5.57 Å². The molecule has 1 saturated carbocycles. The number of ketones is 1. The molecule has 0 radical (unpaired) electrons. The van der Waals surface area contributed by atoms with Gasteiger partial charge in [0.15, 0.2) is 6.29 Å². The molecule has 1 heterocycles. The average molecular weight is 398 g/mol. The van der Waals surface area contributed by atoms with E-state index >= 15 is 0 Å². The average Bonchev–Trinajstić information content (AvgIpc) is 2.62. The summed E-state index contributed by atoms with van der Waals surface area (Å²) in [5.41, 5.74) is 0.978. The number of allylic oxidation sites excluding steroid dienone is 1. The van der Waals surface area contributed by atoms with Crippen molar-refractivity contribution in [2.45, 2.75) is 77.3 Å². The Kier molecular flexibility index (Phi) is 6.64. The van der Waals surface area contributed by atoms with Gasteiger partial charge in [-0.3, -0.25) is 4.79 Å². The zero-order chi connectivity index (χ0) is 20.7. The lowest BCUT2D eigenvalue weighted by atomic mass is 9.59. The van der Waals surface area contributed by atoms with Crippen molar-refractivity contribution in [2.24, 2.45) is 29.6 Å². The van der Waals surface area contributed by atoms with Gasteiger partial charge in [0, 0.05) is 12.3 Å². The Hall–Kier alpha value is -0.830. The second-order valence-electron chi connectivity index (χ2n) is 9.13. The summed E-state index contributed by atoms with van der Waals surface area (Å²) in [7, 11) is 0. The van der Waals surface area contributed by atoms with Crippen LogP contribution in [0, 0.1) is 29.6 Å². The van der Waals surface area contributed by atoms with E-state index in [1.165, 1.54) is 0 Å². The lowest BCUT2D eigenvalue weighted by Gasteiger charge is -2.47. The summed E-state index contributed by atoms with van der Waals surface area (Å²) >= 11 is 0. The van der Waals surface area contributed by atoms with Crippen molar-refractivity contribution in [3.63, 3.8) is 0 Å². The predicted molar refractivity (Wildman–Crippen MR) is 101 cm³/mol. The van der Waals surface area contributed by atoms with Crippen molar-refractivity contribution in [2.75, 3.05) is 6.61 Å². The molecule has 0 spiro atoms. The van der Waals surface area contributed by atoms with Crippen LogP contribution in [-0.2, 0) is 14.3 Å². The minimum absolute atomic E-state index is 0.0179. The zero-order valence-electron chi connectivity index (χ0n) is 17.1. The Morgan fingerprint density at radius 2 is 1.89 bits per heavy atom. The molecule has 2 aliphatic carbocycles. The molecule has 3 rings (SSSR count). The maximum absolute atomic E-state index is 12.6. The fourth-order valence-electron chi connectivity index (χ4n) is 5.25. The summed E-state index contributed by atoms with van der Waals surface area (Å²) in [5, 5.41) is 39.6. The first-order valence-electron chi connectivity index (χ1n) is 10.3. The minimum Gasteiger partial charge on any atom is -0.394 e. The normalized spacial score (nSPS) is 47.0. The number of aliphatic hydroxyl groups excluding tert-OH is 4. The van der Waals surface area contributed by atoms with Crippen LogP contribution in [0.1, 0.15) is 40.5 Å². The molecule has 7 nitrogen and oxygen atoms in total. The van der Waals surface area contributed by atoms with Gasteiger partial charge in [-0.05, 0) is 42.6 Å². The Balaban J connectivity index is 1.78.